The zero-order valence-corrected chi connectivity index (χ0v) is 13.1. The number of fused-ring (bicyclic) bond motifs is 1. The molecule has 5 heteroatoms. The van der Waals surface area contributed by atoms with E-state index in [0.29, 0.717) is 6.10 Å². The smallest absolute Gasteiger partial charge is 0.0961 e. The molecule has 0 amide bonds. The molecule has 19 heavy (non-hydrogen) atoms. The molecular formula is C14H17BrN2OS. The molecule has 0 spiro atoms. The fraction of sp³-hybridized carbons (Fsp3) is 0.500. The van der Waals surface area contributed by atoms with Gasteiger partial charge in [0.05, 0.1) is 27.9 Å². The van der Waals surface area contributed by atoms with Crippen LogP contribution in [-0.2, 0) is 11.2 Å². The van der Waals surface area contributed by atoms with Crippen LogP contribution in [0.2, 0.25) is 0 Å². The Morgan fingerprint density at radius 3 is 3.05 bits per heavy atom. The van der Waals surface area contributed by atoms with Crippen molar-refractivity contribution in [1.29, 1.82) is 0 Å². The van der Waals surface area contributed by atoms with E-state index in [4.69, 9.17) is 4.74 Å². The summed E-state index contributed by atoms with van der Waals surface area (Å²) in [7, 11) is 0. The van der Waals surface area contributed by atoms with Crippen LogP contribution in [0.5, 0.6) is 0 Å². The van der Waals surface area contributed by atoms with Gasteiger partial charge in [-0.1, -0.05) is 15.9 Å². The van der Waals surface area contributed by atoms with Crippen molar-refractivity contribution in [1.82, 2.24) is 10.3 Å². The molecule has 0 saturated carbocycles. The Morgan fingerprint density at radius 1 is 1.37 bits per heavy atom. The Hall–Kier alpha value is -0.490. The maximum atomic E-state index is 5.92. The molecular weight excluding hydrogens is 324 g/mol. The second-order valence-electron chi connectivity index (χ2n) is 4.79. The molecule has 2 aromatic rings. The number of piperidine rings is 1. The van der Waals surface area contributed by atoms with Gasteiger partial charge < -0.3 is 10.1 Å². The van der Waals surface area contributed by atoms with Gasteiger partial charge in [-0.3, -0.25) is 0 Å². The summed E-state index contributed by atoms with van der Waals surface area (Å²) in [6, 6.07) is 6.26. The van der Waals surface area contributed by atoms with Crippen LogP contribution in [0.1, 0.15) is 17.8 Å². The van der Waals surface area contributed by atoms with E-state index in [9.17, 15) is 0 Å². The predicted molar refractivity (Wildman–Crippen MR) is 82.9 cm³/mol. The van der Waals surface area contributed by atoms with Crippen molar-refractivity contribution >= 4 is 37.5 Å². The summed E-state index contributed by atoms with van der Waals surface area (Å²) in [5, 5.41) is 4.52. The molecule has 3 nitrogen and oxygen atoms in total. The van der Waals surface area contributed by atoms with E-state index in [-0.39, 0.29) is 0 Å². The van der Waals surface area contributed by atoms with Gasteiger partial charge in [-0.05, 0) is 44.1 Å². The van der Waals surface area contributed by atoms with Gasteiger partial charge in [-0.2, -0.15) is 0 Å². The summed E-state index contributed by atoms with van der Waals surface area (Å²) >= 11 is 5.25. The standard InChI is InChI=1S/C14H17BrN2OS/c15-10-1-2-13-12(9-10)17-14(19-13)5-8-18-11-3-6-16-7-4-11/h1-2,9,11,16H,3-8H2. The topological polar surface area (TPSA) is 34.1 Å². The molecule has 1 fully saturated rings. The number of nitrogens with one attached hydrogen (secondary N) is 1. The number of hydrogen-bond donors (Lipinski definition) is 1. The van der Waals surface area contributed by atoms with E-state index in [0.717, 1.165) is 48.9 Å². The second-order valence-corrected chi connectivity index (χ2v) is 6.82. The zero-order valence-electron chi connectivity index (χ0n) is 10.7. The molecule has 1 aliphatic rings. The number of thiazole rings is 1. The summed E-state index contributed by atoms with van der Waals surface area (Å²) in [6.07, 6.45) is 3.62. The summed E-state index contributed by atoms with van der Waals surface area (Å²) in [5.41, 5.74) is 1.08. The maximum Gasteiger partial charge on any atom is 0.0961 e. The van der Waals surface area contributed by atoms with Crippen LogP contribution in [0.3, 0.4) is 0 Å². The van der Waals surface area contributed by atoms with Gasteiger partial charge in [0.15, 0.2) is 0 Å². The van der Waals surface area contributed by atoms with Crippen LogP contribution < -0.4 is 5.32 Å². The fourth-order valence-electron chi connectivity index (χ4n) is 2.33. The Morgan fingerprint density at radius 2 is 2.21 bits per heavy atom. The lowest BCUT2D eigenvalue weighted by molar-refractivity contribution is 0.0349. The molecule has 102 valence electrons. The third-order valence-corrected chi connectivity index (χ3v) is 4.94. The third-order valence-electron chi connectivity index (χ3n) is 3.35. The highest BCUT2D eigenvalue weighted by molar-refractivity contribution is 9.10. The summed E-state index contributed by atoms with van der Waals surface area (Å²) < 4.78 is 8.26. The average Bonchev–Trinajstić information content (AvgIpc) is 2.82. The number of nitrogens with zero attached hydrogens (tertiary/aromatic N) is 1. The molecule has 3 rings (SSSR count). The van der Waals surface area contributed by atoms with Crippen LogP contribution in [0.25, 0.3) is 10.2 Å². The monoisotopic (exact) mass is 340 g/mol. The Balaban J connectivity index is 1.56. The molecule has 1 saturated heterocycles. The molecule has 2 heterocycles. The van der Waals surface area contributed by atoms with Crippen LogP contribution in [0, 0.1) is 0 Å². The number of benzene rings is 1. The highest BCUT2D eigenvalue weighted by atomic mass is 79.9. The van der Waals surface area contributed by atoms with E-state index in [1.807, 2.05) is 0 Å². The summed E-state index contributed by atoms with van der Waals surface area (Å²) in [4.78, 5) is 4.65. The first-order valence-corrected chi connectivity index (χ1v) is 8.29. The number of ether oxygens (including phenoxy) is 1. The first-order chi connectivity index (χ1) is 9.31. The molecule has 1 aliphatic heterocycles. The minimum absolute atomic E-state index is 0.435. The van der Waals surface area contributed by atoms with E-state index in [1.165, 1.54) is 9.71 Å². The number of rotatable bonds is 4. The highest BCUT2D eigenvalue weighted by Gasteiger charge is 2.13. The highest BCUT2D eigenvalue weighted by Crippen LogP contribution is 2.25. The van der Waals surface area contributed by atoms with Crippen molar-refractivity contribution in [2.75, 3.05) is 19.7 Å². The Kier molecular flexibility index (Phi) is 4.48. The average molecular weight is 341 g/mol. The van der Waals surface area contributed by atoms with Gasteiger partial charge in [-0.25, -0.2) is 4.98 Å². The molecule has 0 atom stereocenters. The van der Waals surface area contributed by atoms with E-state index >= 15 is 0 Å². The number of hydrogen-bond acceptors (Lipinski definition) is 4. The van der Waals surface area contributed by atoms with Crippen molar-refractivity contribution < 1.29 is 4.74 Å². The molecule has 1 N–H and O–H groups in total. The van der Waals surface area contributed by atoms with Gasteiger partial charge in [0, 0.05) is 10.9 Å². The van der Waals surface area contributed by atoms with Gasteiger partial charge in [0.25, 0.3) is 0 Å². The summed E-state index contributed by atoms with van der Waals surface area (Å²) in [5.74, 6) is 0. The molecule has 1 aromatic heterocycles. The fourth-order valence-corrected chi connectivity index (χ4v) is 3.61. The largest absolute Gasteiger partial charge is 0.378 e. The van der Waals surface area contributed by atoms with Crippen molar-refractivity contribution in [2.24, 2.45) is 0 Å². The SMILES string of the molecule is Brc1ccc2sc(CCOC3CCNCC3)nc2c1. The van der Waals surface area contributed by atoms with Crippen LogP contribution in [-0.4, -0.2) is 30.8 Å². The van der Waals surface area contributed by atoms with Crippen LogP contribution in [0.15, 0.2) is 22.7 Å². The Bertz CT molecular complexity index is 551. The minimum Gasteiger partial charge on any atom is -0.378 e. The van der Waals surface area contributed by atoms with Crippen LogP contribution in [0.4, 0.5) is 0 Å². The lowest BCUT2D eigenvalue weighted by Crippen LogP contribution is -2.32. The number of halogens is 1. The zero-order chi connectivity index (χ0) is 13.1. The lowest BCUT2D eigenvalue weighted by Gasteiger charge is -2.22. The van der Waals surface area contributed by atoms with E-state index in [1.54, 1.807) is 11.3 Å². The van der Waals surface area contributed by atoms with Crippen molar-refractivity contribution in [3.8, 4) is 0 Å². The molecule has 0 aliphatic carbocycles. The normalized spacial score (nSPS) is 17.1. The molecule has 0 bridgehead atoms. The van der Waals surface area contributed by atoms with Crippen molar-refractivity contribution in [3.63, 3.8) is 0 Å². The van der Waals surface area contributed by atoms with E-state index < -0.39 is 0 Å². The van der Waals surface area contributed by atoms with Crippen molar-refractivity contribution in [3.05, 3.63) is 27.7 Å². The maximum absolute atomic E-state index is 5.92. The van der Waals surface area contributed by atoms with Gasteiger partial charge in [0.1, 0.15) is 0 Å². The quantitative estimate of drug-likeness (QED) is 0.926. The predicted octanol–water partition coefficient (Wildman–Crippen LogP) is 3.37. The first-order valence-electron chi connectivity index (χ1n) is 6.68. The minimum atomic E-state index is 0.435. The molecule has 0 unspecified atom stereocenters. The Labute approximate surface area is 125 Å². The van der Waals surface area contributed by atoms with Crippen molar-refractivity contribution in [2.45, 2.75) is 25.4 Å². The van der Waals surface area contributed by atoms with Gasteiger partial charge in [-0.15, -0.1) is 11.3 Å². The second kappa shape index (κ2) is 6.31. The molecule has 0 radical (unpaired) electrons. The number of aromatic nitrogens is 1. The third kappa shape index (κ3) is 3.54. The first kappa shape index (κ1) is 13.5. The van der Waals surface area contributed by atoms with Gasteiger partial charge >= 0.3 is 0 Å². The molecule has 1 aromatic carbocycles. The van der Waals surface area contributed by atoms with Crippen LogP contribution >= 0.6 is 27.3 Å². The van der Waals surface area contributed by atoms with Gasteiger partial charge in [0.2, 0.25) is 0 Å². The lowest BCUT2D eigenvalue weighted by atomic mass is 10.1. The van der Waals surface area contributed by atoms with E-state index in [2.05, 4.69) is 44.4 Å². The summed E-state index contributed by atoms with van der Waals surface area (Å²) in [6.45, 7) is 2.95.